The standard InChI is InChI=1S/C48H79N5O8S/c1-16-24-53(46(57)41(31(7)18-3)51-44(56)42(32(8)19-4)52(14)47(58)61-48(11,12)13)39(30(5)6)28-40(60-25-17-2)45-50-38(29-62-45)43(55)49-36(26-33(9)34(10)59-15)27-35-20-22-37(54)23-21-35/h20-23,29-33,36,39-42,54H,10,16-19,24-28H2,1-9,11-15H3,(H,49,55)(H,51,56)/t31-,32-,33-,36+,39+,40+,41-,42+/m0/s1. The van der Waals surface area contributed by atoms with Gasteiger partial charge in [-0.1, -0.05) is 93.9 Å². The zero-order valence-corrected chi connectivity index (χ0v) is 41.0. The van der Waals surface area contributed by atoms with Crippen molar-refractivity contribution in [2.45, 2.75) is 164 Å². The second-order valence-corrected chi connectivity index (χ2v) is 19.0. The normalized spacial score (nSPS) is 15.6. The van der Waals surface area contributed by atoms with E-state index < -0.39 is 35.8 Å². The van der Waals surface area contributed by atoms with E-state index in [-0.39, 0.29) is 59.0 Å². The molecule has 0 radical (unpaired) electrons. The van der Waals surface area contributed by atoms with E-state index in [2.05, 4.69) is 31.1 Å². The topological polar surface area (TPSA) is 160 Å². The maximum Gasteiger partial charge on any atom is 0.410 e. The summed E-state index contributed by atoms with van der Waals surface area (Å²) in [5, 5.41) is 18.5. The highest BCUT2D eigenvalue weighted by Gasteiger charge is 2.40. The van der Waals surface area contributed by atoms with E-state index in [0.717, 1.165) is 12.0 Å². The maximum absolute atomic E-state index is 15.0. The number of hydrogen-bond acceptors (Lipinski definition) is 10. The van der Waals surface area contributed by atoms with Gasteiger partial charge in [-0.2, -0.15) is 0 Å². The van der Waals surface area contributed by atoms with Crippen LogP contribution >= 0.6 is 11.3 Å². The molecule has 1 aromatic carbocycles. The molecule has 8 atom stereocenters. The van der Waals surface area contributed by atoms with Crippen molar-refractivity contribution in [1.82, 2.24) is 25.4 Å². The van der Waals surface area contributed by atoms with Crippen LogP contribution in [0.15, 0.2) is 42.0 Å². The van der Waals surface area contributed by atoms with Crippen molar-refractivity contribution < 1.29 is 38.5 Å². The Kier molecular flexibility index (Phi) is 22.5. The highest BCUT2D eigenvalue weighted by atomic mass is 32.1. The van der Waals surface area contributed by atoms with Gasteiger partial charge in [-0.15, -0.1) is 11.3 Å². The van der Waals surface area contributed by atoms with Gasteiger partial charge in [-0.05, 0) is 81.9 Å². The molecule has 13 nitrogen and oxygen atoms in total. The summed E-state index contributed by atoms with van der Waals surface area (Å²) in [4.78, 5) is 64.4. The van der Waals surface area contributed by atoms with Crippen LogP contribution in [0.3, 0.4) is 0 Å². The predicted octanol–water partition coefficient (Wildman–Crippen LogP) is 9.31. The zero-order chi connectivity index (χ0) is 46.9. The first-order valence-electron chi connectivity index (χ1n) is 22.6. The molecule has 4 amide bonds. The number of phenolic OH excluding ortho intramolecular Hbond substituents is 1. The number of methoxy groups -OCH3 is 1. The molecular formula is C48H79N5O8S. The van der Waals surface area contributed by atoms with Crippen LogP contribution in [-0.4, -0.2) is 101 Å². The van der Waals surface area contributed by atoms with E-state index >= 15 is 0 Å². The Bertz CT molecular complexity index is 1710. The monoisotopic (exact) mass is 886 g/mol. The number of nitrogens with zero attached hydrogens (tertiary/aromatic N) is 3. The third-order valence-corrected chi connectivity index (χ3v) is 12.4. The van der Waals surface area contributed by atoms with Crippen molar-refractivity contribution in [2.24, 2.45) is 23.7 Å². The lowest BCUT2D eigenvalue weighted by molar-refractivity contribution is -0.143. The molecule has 1 heterocycles. The Hall–Kier alpha value is -4.17. The van der Waals surface area contributed by atoms with E-state index in [1.165, 1.54) is 16.2 Å². The molecule has 0 saturated carbocycles. The minimum absolute atomic E-state index is 0.00454. The van der Waals surface area contributed by atoms with Gasteiger partial charge in [0.25, 0.3) is 5.91 Å². The summed E-state index contributed by atoms with van der Waals surface area (Å²) in [6.45, 7) is 28.4. The number of rotatable bonds is 26. The van der Waals surface area contributed by atoms with Gasteiger partial charge in [0.1, 0.15) is 40.2 Å². The highest BCUT2D eigenvalue weighted by Crippen LogP contribution is 2.32. The lowest BCUT2D eigenvalue weighted by atomic mass is 9.91. The first-order valence-corrected chi connectivity index (χ1v) is 23.5. The second-order valence-electron chi connectivity index (χ2n) is 18.2. The lowest BCUT2D eigenvalue weighted by Gasteiger charge is -2.40. The average molecular weight is 886 g/mol. The van der Waals surface area contributed by atoms with Gasteiger partial charge in [-0.3, -0.25) is 19.3 Å². The number of likely N-dealkylation sites (N-methyl/N-ethyl adjacent to an activating group) is 1. The number of aromatic hydroxyl groups is 1. The summed E-state index contributed by atoms with van der Waals surface area (Å²) in [6.07, 6.45) is 3.15. The molecule has 0 aliphatic carbocycles. The maximum atomic E-state index is 15.0. The van der Waals surface area contributed by atoms with E-state index in [9.17, 15) is 24.3 Å². The molecule has 2 aromatic rings. The Morgan fingerprint density at radius 2 is 1.55 bits per heavy atom. The van der Waals surface area contributed by atoms with Crippen molar-refractivity contribution in [2.75, 3.05) is 27.3 Å². The Balaban J connectivity index is 2.48. The fourth-order valence-electron chi connectivity index (χ4n) is 7.41. The predicted molar refractivity (Wildman–Crippen MR) is 248 cm³/mol. The number of amides is 4. The van der Waals surface area contributed by atoms with Crippen LogP contribution in [0.25, 0.3) is 0 Å². The van der Waals surface area contributed by atoms with Crippen molar-refractivity contribution >= 4 is 35.2 Å². The first kappa shape index (κ1) is 54.0. The molecule has 0 bridgehead atoms. The summed E-state index contributed by atoms with van der Waals surface area (Å²) >= 11 is 1.36. The smallest absolute Gasteiger partial charge is 0.410 e. The molecule has 0 aliphatic rings. The molecule has 0 fully saturated rings. The van der Waals surface area contributed by atoms with E-state index in [4.69, 9.17) is 19.2 Å². The summed E-state index contributed by atoms with van der Waals surface area (Å²) in [5.41, 5.74) is 0.491. The first-order chi connectivity index (χ1) is 29.1. The van der Waals surface area contributed by atoms with Gasteiger partial charge in [0.15, 0.2) is 0 Å². The largest absolute Gasteiger partial charge is 0.508 e. The Morgan fingerprint density at radius 3 is 2.08 bits per heavy atom. The average Bonchev–Trinajstić information content (AvgIpc) is 3.72. The van der Waals surface area contributed by atoms with Gasteiger partial charge >= 0.3 is 6.09 Å². The van der Waals surface area contributed by atoms with Crippen LogP contribution in [0, 0.1) is 23.7 Å². The summed E-state index contributed by atoms with van der Waals surface area (Å²) in [7, 11) is 3.16. The molecule has 0 aliphatic heterocycles. The molecule has 2 rings (SSSR count). The van der Waals surface area contributed by atoms with Gasteiger partial charge in [0.05, 0.1) is 12.9 Å². The van der Waals surface area contributed by atoms with E-state index in [1.807, 2.05) is 65.5 Å². The number of aromatic nitrogens is 1. The zero-order valence-electron chi connectivity index (χ0n) is 40.2. The van der Waals surface area contributed by atoms with Gasteiger partial charge in [0.2, 0.25) is 11.8 Å². The van der Waals surface area contributed by atoms with Gasteiger partial charge in [0, 0.05) is 50.0 Å². The number of thiazole rings is 1. The molecule has 350 valence electrons. The molecule has 0 unspecified atom stereocenters. The quantitative estimate of drug-likeness (QED) is 0.0783. The molecule has 0 saturated heterocycles. The molecule has 3 N–H and O–H groups in total. The summed E-state index contributed by atoms with van der Waals surface area (Å²) in [5.74, 6) is -0.547. The van der Waals surface area contributed by atoms with Crippen LogP contribution < -0.4 is 10.6 Å². The molecule has 14 heteroatoms. The number of hydrogen-bond donors (Lipinski definition) is 3. The Labute approximate surface area is 376 Å². The van der Waals surface area contributed by atoms with Crippen LogP contribution in [-0.2, 0) is 30.2 Å². The number of ether oxygens (including phenoxy) is 3. The fraction of sp³-hybridized carbons (Fsp3) is 0.688. The molecule has 0 spiro atoms. The number of allylic oxidation sites excluding steroid dienone is 1. The number of benzene rings is 1. The molecule has 1 aromatic heterocycles. The van der Waals surface area contributed by atoms with Crippen LogP contribution in [0.2, 0.25) is 0 Å². The second kappa shape index (κ2) is 25.8. The van der Waals surface area contributed by atoms with Crippen LogP contribution in [0.4, 0.5) is 4.79 Å². The van der Waals surface area contributed by atoms with Crippen molar-refractivity contribution in [3.05, 3.63) is 58.2 Å². The van der Waals surface area contributed by atoms with Crippen molar-refractivity contribution in [3.63, 3.8) is 0 Å². The minimum atomic E-state index is -0.853. The number of carbonyl (C=O) groups is 4. The third-order valence-electron chi connectivity index (χ3n) is 11.5. The van der Waals surface area contributed by atoms with Crippen molar-refractivity contribution in [3.8, 4) is 5.75 Å². The van der Waals surface area contributed by atoms with Crippen LogP contribution in [0.5, 0.6) is 5.75 Å². The lowest BCUT2D eigenvalue weighted by Crippen LogP contribution is -2.60. The van der Waals surface area contributed by atoms with Crippen molar-refractivity contribution in [1.29, 1.82) is 0 Å². The number of carbonyl (C=O) groups excluding carboxylic acids is 4. The highest BCUT2D eigenvalue weighted by molar-refractivity contribution is 7.09. The summed E-state index contributed by atoms with van der Waals surface area (Å²) < 4.78 is 17.5. The number of nitrogens with one attached hydrogen (secondary N) is 2. The van der Waals surface area contributed by atoms with E-state index in [1.54, 1.807) is 52.4 Å². The third kappa shape index (κ3) is 16.5. The Morgan fingerprint density at radius 1 is 0.919 bits per heavy atom. The SMILES string of the molecule is C=C(OC)[C@@H](C)C[C@H](Cc1ccc(O)cc1)NC(=O)c1csc([C@@H](C[C@H](C(C)C)N(CCC)C(=O)[C@@H](NC(=O)[C@@H]([C@@H](C)CC)N(C)C(=O)OC(C)(C)C)[C@@H](C)CC)OCCC)n1. The van der Waals surface area contributed by atoms with Crippen LogP contribution in [0.1, 0.15) is 149 Å². The number of phenols is 1. The van der Waals surface area contributed by atoms with Gasteiger partial charge < -0.3 is 34.9 Å². The fourth-order valence-corrected chi connectivity index (χ4v) is 8.27. The van der Waals surface area contributed by atoms with Gasteiger partial charge in [-0.25, -0.2) is 9.78 Å². The molecule has 62 heavy (non-hydrogen) atoms. The minimum Gasteiger partial charge on any atom is -0.508 e. The summed E-state index contributed by atoms with van der Waals surface area (Å²) in [6, 6.07) is 4.67. The van der Waals surface area contributed by atoms with E-state index in [0.29, 0.717) is 62.4 Å². The molecular weight excluding hydrogens is 807 g/mol.